The Labute approximate surface area is 129 Å². The highest BCUT2D eigenvalue weighted by atomic mass is 32.2. The molecule has 1 aromatic rings. The van der Waals surface area contributed by atoms with Crippen LogP contribution in [-0.4, -0.2) is 46.5 Å². The van der Waals surface area contributed by atoms with E-state index in [0.717, 1.165) is 25.9 Å². The molecule has 1 saturated heterocycles. The lowest BCUT2D eigenvalue weighted by Crippen LogP contribution is -2.39. The largest absolute Gasteiger partial charge is 0.481 e. The summed E-state index contributed by atoms with van der Waals surface area (Å²) in [5.74, 6) is -0.0234. The zero-order chi connectivity index (χ0) is 15.2. The second-order valence-electron chi connectivity index (χ2n) is 5.40. The number of hydrogen-bond acceptors (Lipinski definition) is 3. The number of carboxylic acids is 1. The van der Waals surface area contributed by atoms with Gasteiger partial charge in [-0.3, -0.25) is 9.59 Å². The van der Waals surface area contributed by atoms with Crippen LogP contribution in [0.3, 0.4) is 0 Å². The van der Waals surface area contributed by atoms with Crippen LogP contribution in [0, 0.1) is 6.92 Å². The maximum absolute atomic E-state index is 12.0. The maximum atomic E-state index is 12.0. The number of aryl methyl sites for hydroxylation is 1. The predicted octanol–water partition coefficient (Wildman–Crippen LogP) is 2.52. The fourth-order valence-corrected chi connectivity index (χ4v) is 3.44. The number of likely N-dealkylation sites (tertiary alicyclic amines) is 1. The van der Waals surface area contributed by atoms with Crippen molar-refractivity contribution in [1.29, 1.82) is 0 Å². The van der Waals surface area contributed by atoms with Crippen molar-refractivity contribution in [1.82, 2.24) is 4.90 Å². The van der Waals surface area contributed by atoms with Gasteiger partial charge < -0.3 is 10.0 Å². The first-order chi connectivity index (χ1) is 10.1. The van der Waals surface area contributed by atoms with E-state index < -0.39 is 5.97 Å². The third-order valence-corrected chi connectivity index (χ3v) is 4.83. The number of carbonyl (C=O) groups excluding carboxylic acids is 1. The number of benzene rings is 1. The molecule has 0 bridgehead atoms. The molecular formula is C16H21NO3S. The van der Waals surface area contributed by atoms with E-state index in [1.165, 1.54) is 22.9 Å². The number of thioether (sulfide) groups is 1. The molecule has 21 heavy (non-hydrogen) atoms. The van der Waals surface area contributed by atoms with Crippen LogP contribution in [0.1, 0.15) is 29.9 Å². The zero-order valence-corrected chi connectivity index (χ0v) is 13.1. The van der Waals surface area contributed by atoms with Crippen molar-refractivity contribution in [3.8, 4) is 0 Å². The van der Waals surface area contributed by atoms with E-state index in [1.807, 2.05) is 4.90 Å². The van der Waals surface area contributed by atoms with Gasteiger partial charge in [0, 0.05) is 13.1 Å². The third kappa shape index (κ3) is 4.49. The van der Waals surface area contributed by atoms with E-state index >= 15 is 0 Å². The summed E-state index contributed by atoms with van der Waals surface area (Å²) < 4.78 is 0. The number of amides is 1. The summed E-state index contributed by atoms with van der Waals surface area (Å²) >= 11 is 1.17. The second kappa shape index (κ2) is 7.50. The van der Waals surface area contributed by atoms with Gasteiger partial charge in [-0.25, -0.2) is 0 Å². The lowest BCUT2D eigenvalue weighted by atomic mass is 9.87. The van der Waals surface area contributed by atoms with E-state index in [4.69, 9.17) is 5.11 Å². The zero-order valence-electron chi connectivity index (χ0n) is 12.2. The van der Waals surface area contributed by atoms with Gasteiger partial charge in [-0.15, -0.1) is 11.8 Å². The van der Waals surface area contributed by atoms with Crippen molar-refractivity contribution in [2.24, 2.45) is 0 Å². The number of hydrogen-bond donors (Lipinski definition) is 1. The molecule has 0 aliphatic carbocycles. The fraction of sp³-hybridized carbons (Fsp3) is 0.500. The molecular weight excluding hydrogens is 286 g/mol. The number of piperidine rings is 1. The van der Waals surface area contributed by atoms with Crippen LogP contribution in [0.25, 0.3) is 0 Å². The van der Waals surface area contributed by atoms with Gasteiger partial charge in [0.2, 0.25) is 5.91 Å². The summed E-state index contributed by atoms with van der Waals surface area (Å²) in [5, 5.41) is 8.58. The lowest BCUT2D eigenvalue weighted by molar-refractivity contribution is -0.133. The van der Waals surface area contributed by atoms with Gasteiger partial charge in [-0.1, -0.05) is 24.3 Å². The number of carboxylic acid groups (broad SMARTS) is 1. The van der Waals surface area contributed by atoms with Crippen LogP contribution < -0.4 is 0 Å². The van der Waals surface area contributed by atoms with Crippen LogP contribution in [-0.2, 0) is 9.59 Å². The molecule has 4 nitrogen and oxygen atoms in total. The van der Waals surface area contributed by atoms with Crippen LogP contribution >= 0.6 is 11.8 Å². The van der Waals surface area contributed by atoms with E-state index in [2.05, 4.69) is 31.2 Å². The molecule has 1 N–H and O–H groups in total. The Balaban J connectivity index is 1.82. The first kappa shape index (κ1) is 15.9. The van der Waals surface area contributed by atoms with Gasteiger partial charge in [0.05, 0.1) is 11.5 Å². The number of carbonyl (C=O) groups is 2. The van der Waals surface area contributed by atoms with Gasteiger partial charge in [0.1, 0.15) is 0 Å². The topological polar surface area (TPSA) is 57.6 Å². The summed E-state index contributed by atoms with van der Waals surface area (Å²) in [6, 6.07) is 8.44. The average molecular weight is 307 g/mol. The monoisotopic (exact) mass is 307 g/mol. The van der Waals surface area contributed by atoms with Crippen molar-refractivity contribution in [2.45, 2.75) is 25.7 Å². The van der Waals surface area contributed by atoms with Crippen LogP contribution in [0.5, 0.6) is 0 Å². The second-order valence-corrected chi connectivity index (χ2v) is 6.38. The molecule has 5 heteroatoms. The highest BCUT2D eigenvalue weighted by Crippen LogP contribution is 2.30. The average Bonchev–Trinajstić information content (AvgIpc) is 2.47. The van der Waals surface area contributed by atoms with Crippen LogP contribution in [0.4, 0.5) is 0 Å². The Kier molecular flexibility index (Phi) is 5.67. The van der Waals surface area contributed by atoms with Gasteiger partial charge in [0.15, 0.2) is 0 Å². The summed E-state index contributed by atoms with van der Waals surface area (Å²) in [7, 11) is 0. The lowest BCUT2D eigenvalue weighted by Gasteiger charge is -2.32. The van der Waals surface area contributed by atoms with Crippen LogP contribution in [0.15, 0.2) is 24.3 Å². The predicted molar refractivity (Wildman–Crippen MR) is 84.7 cm³/mol. The third-order valence-electron chi connectivity index (χ3n) is 3.93. The van der Waals surface area contributed by atoms with Crippen molar-refractivity contribution >= 4 is 23.6 Å². The van der Waals surface area contributed by atoms with Gasteiger partial charge >= 0.3 is 5.97 Å². The smallest absolute Gasteiger partial charge is 0.313 e. The summed E-state index contributed by atoms with van der Waals surface area (Å²) in [5.41, 5.74) is 2.71. The Bertz CT molecular complexity index is 510. The fourth-order valence-electron chi connectivity index (χ4n) is 2.80. The van der Waals surface area contributed by atoms with Crippen molar-refractivity contribution in [3.05, 3.63) is 35.4 Å². The molecule has 0 unspecified atom stereocenters. The molecule has 1 heterocycles. The summed E-state index contributed by atoms with van der Waals surface area (Å²) in [6.45, 7) is 3.67. The van der Waals surface area contributed by atoms with Gasteiger partial charge in [-0.05, 0) is 36.8 Å². The minimum absolute atomic E-state index is 0.00852. The Morgan fingerprint density at radius 2 is 1.90 bits per heavy atom. The van der Waals surface area contributed by atoms with Crippen molar-refractivity contribution < 1.29 is 14.7 Å². The molecule has 0 aromatic heterocycles. The molecule has 0 atom stereocenters. The Hall–Kier alpha value is -1.49. The minimum Gasteiger partial charge on any atom is -0.481 e. The molecule has 1 aliphatic rings. The standard InChI is InChI=1S/C16H21NO3S/c1-12-4-2-3-5-14(12)13-6-8-17(9-7-13)15(18)10-21-11-16(19)20/h2-5,13H,6-11H2,1H3,(H,19,20). The molecule has 0 saturated carbocycles. The van der Waals surface area contributed by atoms with E-state index in [-0.39, 0.29) is 17.4 Å². The summed E-state index contributed by atoms with van der Waals surface area (Å²) in [6.07, 6.45) is 1.97. The maximum Gasteiger partial charge on any atom is 0.313 e. The quantitative estimate of drug-likeness (QED) is 0.908. The number of aliphatic carboxylic acids is 1. The number of nitrogens with zero attached hydrogens (tertiary/aromatic N) is 1. The highest BCUT2D eigenvalue weighted by Gasteiger charge is 2.24. The molecule has 2 rings (SSSR count). The van der Waals surface area contributed by atoms with Crippen molar-refractivity contribution in [3.63, 3.8) is 0 Å². The number of rotatable bonds is 5. The first-order valence-corrected chi connectivity index (χ1v) is 8.36. The van der Waals surface area contributed by atoms with E-state index in [0.29, 0.717) is 5.92 Å². The molecule has 1 amide bonds. The molecule has 1 fully saturated rings. The Morgan fingerprint density at radius 3 is 2.52 bits per heavy atom. The summed E-state index contributed by atoms with van der Waals surface area (Å²) in [4.78, 5) is 24.3. The molecule has 114 valence electrons. The van der Waals surface area contributed by atoms with Gasteiger partial charge in [-0.2, -0.15) is 0 Å². The van der Waals surface area contributed by atoms with E-state index in [1.54, 1.807) is 0 Å². The van der Waals surface area contributed by atoms with E-state index in [9.17, 15) is 9.59 Å². The molecule has 0 spiro atoms. The molecule has 0 radical (unpaired) electrons. The minimum atomic E-state index is -0.869. The highest BCUT2D eigenvalue weighted by molar-refractivity contribution is 8.00. The van der Waals surface area contributed by atoms with Gasteiger partial charge in [0.25, 0.3) is 0 Å². The molecule has 1 aromatic carbocycles. The first-order valence-electron chi connectivity index (χ1n) is 7.20. The SMILES string of the molecule is Cc1ccccc1C1CCN(C(=O)CSCC(=O)O)CC1. The normalized spacial score (nSPS) is 16.0. The molecule has 1 aliphatic heterocycles. The van der Waals surface area contributed by atoms with Crippen LogP contribution in [0.2, 0.25) is 0 Å². The van der Waals surface area contributed by atoms with Crippen molar-refractivity contribution in [2.75, 3.05) is 24.6 Å². The Morgan fingerprint density at radius 1 is 1.24 bits per heavy atom.